The zero-order valence-electron chi connectivity index (χ0n) is 15.9. The van der Waals surface area contributed by atoms with Crippen LogP contribution in [0, 0.1) is 5.82 Å². The van der Waals surface area contributed by atoms with Gasteiger partial charge in [-0.05, 0) is 49.7 Å². The largest absolute Gasteiger partial charge is 0.484 e. The first-order valence-corrected chi connectivity index (χ1v) is 10.1. The SMILES string of the molecule is CCOC(=O)c1c(NC(=O)COc2ccc(F)cc2)sc2c1CCN(CC)C2. The smallest absolute Gasteiger partial charge is 0.341 e. The van der Waals surface area contributed by atoms with Gasteiger partial charge in [-0.1, -0.05) is 6.92 Å². The van der Waals surface area contributed by atoms with Gasteiger partial charge in [-0.15, -0.1) is 11.3 Å². The van der Waals surface area contributed by atoms with Crippen LogP contribution < -0.4 is 10.1 Å². The van der Waals surface area contributed by atoms with Crippen molar-refractivity contribution in [3.8, 4) is 5.75 Å². The first-order valence-electron chi connectivity index (χ1n) is 9.24. The second-order valence-electron chi connectivity index (χ2n) is 6.34. The molecule has 6 nitrogen and oxygen atoms in total. The molecule has 2 aromatic rings. The highest BCUT2D eigenvalue weighted by atomic mass is 32.1. The lowest BCUT2D eigenvalue weighted by Crippen LogP contribution is -2.30. The van der Waals surface area contributed by atoms with E-state index >= 15 is 0 Å². The number of hydrogen-bond donors (Lipinski definition) is 1. The zero-order valence-corrected chi connectivity index (χ0v) is 16.7. The van der Waals surface area contributed by atoms with Gasteiger partial charge < -0.3 is 14.8 Å². The summed E-state index contributed by atoms with van der Waals surface area (Å²) in [5, 5.41) is 3.28. The molecule has 0 atom stereocenters. The molecule has 1 aromatic carbocycles. The van der Waals surface area contributed by atoms with Gasteiger partial charge in [0.2, 0.25) is 0 Å². The molecule has 0 saturated carbocycles. The van der Waals surface area contributed by atoms with Gasteiger partial charge in [0.05, 0.1) is 12.2 Å². The number of amides is 1. The van der Waals surface area contributed by atoms with Crippen molar-refractivity contribution in [1.82, 2.24) is 4.90 Å². The number of fused-ring (bicyclic) bond motifs is 1. The summed E-state index contributed by atoms with van der Waals surface area (Å²) < 4.78 is 23.5. The molecule has 0 spiro atoms. The van der Waals surface area contributed by atoms with Crippen molar-refractivity contribution in [2.45, 2.75) is 26.8 Å². The first-order chi connectivity index (χ1) is 13.5. The molecule has 150 valence electrons. The molecule has 1 amide bonds. The van der Waals surface area contributed by atoms with Crippen molar-refractivity contribution >= 4 is 28.2 Å². The Hall–Kier alpha value is -2.45. The molecule has 1 aliphatic rings. The number of ether oxygens (including phenoxy) is 2. The van der Waals surface area contributed by atoms with E-state index in [0.717, 1.165) is 36.5 Å². The van der Waals surface area contributed by atoms with Crippen molar-refractivity contribution in [3.63, 3.8) is 0 Å². The second kappa shape index (κ2) is 9.16. The molecule has 0 fully saturated rings. The van der Waals surface area contributed by atoms with Crippen molar-refractivity contribution in [3.05, 3.63) is 46.1 Å². The third kappa shape index (κ3) is 4.69. The molecule has 0 aliphatic carbocycles. The number of carbonyl (C=O) groups is 2. The van der Waals surface area contributed by atoms with E-state index in [1.165, 1.54) is 35.6 Å². The summed E-state index contributed by atoms with van der Waals surface area (Å²) in [7, 11) is 0. The van der Waals surface area contributed by atoms with Crippen molar-refractivity contribution in [1.29, 1.82) is 0 Å². The number of hydrogen-bond acceptors (Lipinski definition) is 6. The summed E-state index contributed by atoms with van der Waals surface area (Å²) in [6.07, 6.45) is 0.746. The Labute approximate surface area is 167 Å². The monoisotopic (exact) mass is 406 g/mol. The zero-order chi connectivity index (χ0) is 20.1. The molecular formula is C20H23FN2O4S. The second-order valence-corrected chi connectivity index (χ2v) is 7.44. The minimum atomic E-state index is -0.417. The van der Waals surface area contributed by atoms with Crippen LogP contribution in [0.5, 0.6) is 5.75 Å². The van der Waals surface area contributed by atoms with E-state index in [2.05, 4.69) is 17.1 Å². The Balaban J connectivity index is 1.74. The number of likely N-dealkylation sites (N-methyl/N-ethyl adjacent to an activating group) is 1. The highest BCUT2D eigenvalue weighted by molar-refractivity contribution is 7.17. The summed E-state index contributed by atoms with van der Waals surface area (Å²) in [5.74, 6) is -0.784. The van der Waals surface area contributed by atoms with Gasteiger partial charge in [0.25, 0.3) is 5.91 Å². The van der Waals surface area contributed by atoms with Crippen molar-refractivity contribution in [2.24, 2.45) is 0 Å². The molecule has 3 rings (SSSR count). The standard InChI is InChI=1S/C20H23FN2O4S/c1-3-23-10-9-15-16(11-23)28-19(18(15)20(25)26-4-2)22-17(24)12-27-14-7-5-13(21)6-8-14/h5-8H,3-4,9-12H2,1-2H3,(H,22,24). The summed E-state index contributed by atoms with van der Waals surface area (Å²) in [4.78, 5) is 28.2. The fourth-order valence-corrected chi connectivity index (χ4v) is 4.37. The third-order valence-corrected chi connectivity index (χ3v) is 5.63. The lowest BCUT2D eigenvalue weighted by atomic mass is 10.0. The molecule has 0 saturated heterocycles. The fraction of sp³-hybridized carbons (Fsp3) is 0.400. The Morgan fingerprint density at radius 2 is 2.00 bits per heavy atom. The van der Waals surface area contributed by atoms with Crippen LogP contribution in [0.25, 0.3) is 0 Å². The van der Waals surface area contributed by atoms with Crippen LogP contribution in [0.1, 0.15) is 34.6 Å². The fourth-order valence-electron chi connectivity index (χ4n) is 3.08. The van der Waals surface area contributed by atoms with Gasteiger partial charge in [-0.25, -0.2) is 9.18 Å². The van der Waals surface area contributed by atoms with Crippen LogP contribution >= 0.6 is 11.3 Å². The average Bonchev–Trinajstić information content (AvgIpc) is 3.04. The number of esters is 1. The summed E-state index contributed by atoms with van der Waals surface area (Å²) in [5.41, 5.74) is 1.41. The number of halogens is 1. The molecule has 0 radical (unpaired) electrons. The molecular weight excluding hydrogens is 383 g/mol. The molecule has 2 heterocycles. The normalized spacial score (nSPS) is 13.7. The average molecular weight is 406 g/mol. The number of benzene rings is 1. The molecule has 1 aliphatic heterocycles. The van der Waals surface area contributed by atoms with Gasteiger partial charge in [0, 0.05) is 18.0 Å². The van der Waals surface area contributed by atoms with E-state index in [1.54, 1.807) is 6.92 Å². The maximum atomic E-state index is 12.9. The maximum Gasteiger partial charge on any atom is 0.341 e. The van der Waals surface area contributed by atoms with Gasteiger partial charge in [-0.2, -0.15) is 0 Å². The molecule has 0 unspecified atom stereocenters. The number of rotatable bonds is 7. The summed E-state index contributed by atoms with van der Waals surface area (Å²) in [6.45, 7) is 6.44. The molecule has 28 heavy (non-hydrogen) atoms. The predicted molar refractivity (Wildman–Crippen MR) is 105 cm³/mol. The topological polar surface area (TPSA) is 67.9 Å². The number of nitrogens with zero attached hydrogens (tertiary/aromatic N) is 1. The van der Waals surface area contributed by atoms with E-state index < -0.39 is 5.97 Å². The Morgan fingerprint density at radius 3 is 2.68 bits per heavy atom. The van der Waals surface area contributed by atoms with E-state index in [0.29, 0.717) is 16.3 Å². The molecule has 1 N–H and O–H groups in total. The minimum absolute atomic E-state index is 0.239. The maximum absolute atomic E-state index is 12.9. The van der Waals surface area contributed by atoms with Crippen molar-refractivity contribution < 1.29 is 23.5 Å². The number of thiophene rings is 1. The van der Waals surface area contributed by atoms with E-state index in [1.807, 2.05) is 0 Å². The van der Waals surface area contributed by atoms with E-state index in [9.17, 15) is 14.0 Å². The lowest BCUT2D eigenvalue weighted by Gasteiger charge is -2.25. The summed E-state index contributed by atoms with van der Waals surface area (Å²) in [6, 6.07) is 5.43. The van der Waals surface area contributed by atoms with Crippen LogP contribution in [-0.4, -0.2) is 43.1 Å². The Kier molecular flexibility index (Phi) is 6.64. The Morgan fingerprint density at radius 1 is 1.25 bits per heavy atom. The van der Waals surface area contributed by atoms with Crippen LogP contribution in [0.2, 0.25) is 0 Å². The quantitative estimate of drug-likeness (QED) is 0.714. The molecule has 1 aromatic heterocycles. The van der Waals surface area contributed by atoms with Crippen LogP contribution in [0.3, 0.4) is 0 Å². The van der Waals surface area contributed by atoms with Gasteiger partial charge in [-0.3, -0.25) is 9.69 Å². The highest BCUT2D eigenvalue weighted by Crippen LogP contribution is 2.37. The highest BCUT2D eigenvalue weighted by Gasteiger charge is 2.29. The van der Waals surface area contributed by atoms with Gasteiger partial charge in [0.15, 0.2) is 6.61 Å². The number of anilines is 1. The predicted octanol–water partition coefficient (Wildman–Crippen LogP) is 3.46. The number of carbonyl (C=O) groups excluding carboxylic acids is 2. The van der Waals surface area contributed by atoms with Gasteiger partial charge >= 0.3 is 5.97 Å². The summed E-state index contributed by atoms with van der Waals surface area (Å²) >= 11 is 1.41. The van der Waals surface area contributed by atoms with Crippen LogP contribution in [0.4, 0.5) is 9.39 Å². The minimum Gasteiger partial charge on any atom is -0.484 e. The Bertz CT molecular complexity index is 851. The van der Waals surface area contributed by atoms with Crippen LogP contribution in [0.15, 0.2) is 24.3 Å². The third-order valence-electron chi connectivity index (χ3n) is 4.50. The van der Waals surface area contributed by atoms with Crippen LogP contribution in [-0.2, 0) is 22.5 Å². The van der Waals surface area contributed by atoms with Crippen molar-refractivity contribution in [2.75, 3.05) is 31.6 Å². The molecule has 0 bridgehead atoms. The van der Waals surface area contributed by atoms with E-state index in [4.69, 9.17) is 9.47 Å². The molecule has 8 heteroatoms. The first kappa shape index (κ1) is 20.3. The lowest BCUT2D eigenvalue weighted by molar-refractivity contribution is -0.118. The number of nitrogens with one attached hydrogen (secondary N) is 1. The van der Waals surface area contributed by atoms with E-state index in [-0.39, 0.29) is 24.9 Å². The van der Waals surface area contributed by atoms with Gasteiger partial charge in [0.1, 0.15) is 16.6 Å².